The molecule has 0 unspecified atom stereocenters. The Kier molecular flexibility index (Phi) is 10.1. The van der Waals surface area contributed by atoms with Crippen LogP contribution in [0, 0.1) is 5.92 Å². The molecule has 1 aromatic carbocycles. The van der Waals surface area contributed by atoms with Crippen LogP contribution >= 0.6 is 11.8 Å². The molecule has 0 heterocycles. The first-order valence-corrected chi connectivity index (χ1v) is 9.69. The predicted molar refractivity (Wildman–Crippen MR) is 105 cm³/mol. The number of carbonyl (C=O) groups is 4. The molecule has 148 valence electrons. The number of ketones is 1. The molecule has 9 heteroatoms. The second-order valence-electron chi connectivity index (χ2n) is 6.17. The third-order valence-electron chi connectivity index (χ3n) is 3.83. The molecule has 7 N–H and O–H groups in total. The Morgan fingerprint density at radius 3 is 2.33 bits per heavy atom. The van der Waals surface area contributed by atoms with Gasteiger partial charge >= 0.3 is 0 Å². The van der Waals surface area contributed by atoms with Crippen LogP contribution in [0.2, 0.25) is 0 Å². The number of thioether (sulfide) groups is 1. The van der Waals surface area contributed by atoms with Crippen molar-refractivity contribution in [1.29, 1.82) is 0 Å². The maximum Gasteiger partial charge on any atom is 0.238 e. The molecule has 2 atom stereocenters. The summed E-state index contributed by atoms with van der Waals surface area (Å²) in [6.45, 7) is -0.272. The number of nitrogens with two attached hydrogens (primary N) is 3. The van der Waals surface area contributed by atoms with E-state index in [1.807, 2.05) is 30.3 Å². The largest absolute Gasteiger partial charge is 0.369 e. The molecule has 0 aliphatic rings. The van der Waals surface area contributed by atoms with E-state index in [1.165, 1.54) is 11.8 Å². The molecule has 0 saturated heterocycles. The van der Waals surface area contributed by atoms with Gasteiger partial charge in [0.2, 0.25) is 17.7 Å². The van der Waals surface area contributed by atoms with E-state index in [4.69, 9.17) is 17.2 Å². The van der Waals surface area contributed by atoms with E-state index in [-0.39, 0.29) is 30.3 Å². The Labute approximate surface area is 162 Å². The highest BCUT2D eigenvalue weighted by molar-refractivity contribution is 8.00. The van der Waals surface area contributed by atoms with E-state index in [0.29, 0.717) is 12.8 Å². The molecule has 0 saturated carbocycles. The monoisotopic (exact) mass is 394 g/mol. The number of nitrogens with one attached hydrogen (secondary N) is 1. The number of rotatable bonds is 13. The van der Waals surface area contributed by atoms with E-state index < -0.39 is 29.7 Å². The number of hydrogen-bond donors (Lipinski definition) is 4. The lowest BCUT2D eigenvalue weighted by Gasteiger charge is -2.13. The molecule has 8 nitrogen and oxygen atoms in total. The van der Waals surface area contributed by atoms with Crippen LogP contribution < -0.4 is 22.5 Å². The molecule has 0 bridgehead atoms. The number of primary amides is 2. The van der Waals surface area contributed by atoms with Crippen LogP contribution in [-0.2, 0) is 25.6 Å². The second kappa shape index (κ2) is 12.1. The standard InChI is InChI=1S/C18H26N4O4S/c19-15(18(26)22-9-16(20)24)11-27-10-14(23)7-6-13(17(21)25)8-12-4-2-1-3-5-12/h1-5,13,15H,6-11,19H2,(H2,20,24)(H2,21,25)(H,22,26)/t13-,15-/m0/s1. The maximum atomic E-state index is 12.0. The van der Waals surface area contributed by atoms with Gasteiger partial charge in [-0.3, -0.25) is 19.2 Å². The SMILES string of the molecule is NC(=O)CNC(=O)[C@@H](N)CSCC(=O)CC[C@@H](Cc1ccccc1)C(N)=O. The summed E-state index contributed by atoms with van der Waals surface area (Å²) in [6.07, 6.45) is 1.12. The summed E-state index contributed by atoms with van der Waals surface area (Å²) in [5.74, 6) is -1.59. The lowest BCUT2D eigenvalue weighted by Crippen LogP contribution is -2.45. The van der Waals surface area contributed by atoms with E-state index in [9.17, 15) is 19.2 Å². The van der Waals surface area contributed by atoms with E-state index in [0.717, 1.165) is 5.56 Å². The first-order valence-electron chi connectivity index (χ1n) is 8.54. The molecule has 1 aromatic rings. The van der Waals surface area contributed by atoms with Crippen molar-refractivity contribution in [3.8, 4) is 0 Å². The van der Waals surface area contributed by atoms with Crippen molar-refractivity contribution < 1.29 is 19.2 Å². The first-order chi connectivity index (χ1) is 12.8. The van der Waals surface area contributed by atoms with Crippen LogP contribution in [0.4, 0.5) is 0 Å². The highest BCUT2D eigenvalue weighted by Crippen LogP contribution is 2.15. The molecular formula is C18H26N4O4S. The molecule has 1 rings (SSSR count). The average Bonchev–Trinajstić information content (AvgIpc) is 2.63. The zero-order chi connectivity index (χ0) is 20.2. The zero-order valence-corrected chi connectivity index (χ0v) is 15.9. The Balaban J connectivity index is 2.31. The van der Waals surface area contributed by atoms with Crippen LogP contribution in [0.3, 0.4) is 0 Å². The summed E-state index contributed by atoms with van der Waals surface area (Å²) >= 11 is 1.23. The fraction of sp³-hybridized carbons (Fsp3) is 0.444. The van der Waals surface area contributed by atoms with Crippen LogP contribution in [0.5, 0.6) is 0 Å². The number of benzene rings is 1. The summed E-state index contributed by atoms with van der Waals surface area (Å²) < 4.78 is 0. The second-order valence-corrected chi connectivity index (χ2v) is 7.20. The average molecular weight is 394 g/mol. The molecular weight excluding hydrogens is 368 g/mol. The predicted octanol–water partition coefficient (Wildman–Crippen LogP) is -0.658. The smallest absolute Gasteiger partial charge is 0.238 e. The van der Waals surface area contributed by atoms with Gasteiger partial charge in [-0.25, -0.2) is 0 Å². The van der Waals surface area contributed by atoms with Crippen molar-refractivity contribution in [2.75, 3.05) is 18.1 Å². The van der Waals surface area contributed by atoms with Crippen LogP contribution in [0.1, 0.15) is 18.4 Å². The third-order valence-corrected chi connectivity index (χ3v) is 4.95. The van der Waals surface area contributed by atoms with Crippen LogP contribution in [0.25, 0.3) is 0 Å². The Morgan fingerprint density at radius 2 is 1.74 bits per heavy atom. The molecule has 3 amide bonds. The minimum atomic E-state index is -0.835. The maximum absolute atomic E-state index is 12.0. The van der Waals surface area contributed by atoms with Crippen molar-refractivity contribution in [1.82, 2.24) is 5.32 Å². The summed E-state index contributed by atoms with van der Waals surface area (Å²) in [6, 6.07) is 8.66. The number of hydrogen-bond acceptors (Lipinski definition) is 6. The normalized spacial score (nSPS) is 12.8. The van der Waals surface area contributed by atoms with Crippen LogP contribution in [-0.4, -0.2) is 47.6 Å². The summed E-state index contributed by atoms with van der Waals surface area (Å²) in [4.78, 5) is 45.8. The number of amides is 3. The van der Waals surface area contributed by atoms with Gasteiger partial charge in [0, 0.05) is 18.1 Å². The quantitative estimate of drug-likeness (QED) is 0.348. The fourth-order valence-corrected chi connectivity index (χ4v) is 3.23. The van der Waals surface area contributed by atoms with Crippen LogP contribution in [0.15, 0.2) is 30.3 Å². The van der Waals surface area contributed by atoms with Crippen molar-refractivity contribution in [3.63, 3.8) is 0 Å². The molecule has 0 aliphatic carbocycles. The van der Waals surface area contributed by atoms with Crippen molar-refractivity contribution in [2.24, 2.45) is 23.1 Å². The number of carbonyl (C=O) groups excluding carboxylic acids is 4. The third kappa shape index (κ3) is 9.76. The van der Waals surface area contributed by atoms with E-state index >= 15 is 0 Å². The molecule has 0 aromatic heterocycles. The summed E-state index contributed by atoms with van der Waals surface area (Å²) in [5.41, 5.74) is 17.1. The van der Waals surface area contributed by atoms with Gasteiger partial charge in [-0.1, -0.05) is 30.3 Å². The Morgan fingerprint density at radius 1 is 1.07 bits per heavy atom. The first kappa shape index (κ1) is 22.7. The minimum Gasteiger partial charge on any atom is -0.369 e. The molecule has 0 fully saturated rings. The summed E-state index contributed by atoms with van der Waals surface area (Å²) in [7, 11) is 0. The van der Waals surface area contributed by atoms with Crippen molar-refractivity contribution >= 4 is 35.3 Å². The van der Waals surface area contributed by atoms with Crippen molar-refractivity contribution in [3.05, 3.63) is 35.9 Å². The van der Waals surface area contributed by atoms with Gasteiger partial charge in [0.25, 0.3) is 0 Å². The van der Waals surface area contributed by atoms with Gasteiger partial charge < -0.3 is 22.5 Å². The van der Waals surface area contributed by atoms with Gasteiger partial charge in [-0.2, -0.15) is 11.8 Å². The molecule has 0 aliphatic heterocycles. The lowest BCUT2D eigenvalue weighted by atomic mass is 9.93. The Bertz CT molecular complexity index is 654. The van der Waals surface area contributed by atoms with Gasteiger partial charge in [0.1, 0.15) is 5.78 Å². The van der Waals surface area contributed by atoms with Gasteiger partial charge in [0.05, 0.1) is 18.3 Å². The molecule has 0 spiro atoms. The molecule has 27 heavy (non-hydrogen) atoms. The number of Topliss-reactive ketones (excluding diaryl/α,β-unsaturated/α-hetero) is 1. The van der Waals surface area contributed by atoms with Gasteiger partial charge in [-0.15, -0.1) is 0 Å². The minimum absolute atomic E-state index is 0.0379. The Hall–Kier alpha value is -2.39. The summed E-state index contributed by atoms with van der Waals surface area (Å²) in [5, 5.41) is 2.31. The lowest BCUT2D eigenvalue weighted by molar-refractivity contribution is -0.125. The van der Waals surface area contributed by atoms with Gasteiger partial charge in [-0.05, 0) is 18.4 Å². The highest BCUT2D eigenvalue weighted by Gasteiger charge is 2.18. The highest BCUT2D eigenvalue weighted by atomic mass is 32.2. The van der Waals surface area contributed by atoms with E-state index in [1.54, 1.807) is 0 Å². The van der Waals surface area contributed by atoms with Crippen molar-refractivity contribution in [2.45, 2.75) is 25.3 Å². The topological polar surface area (TPSA) is 158 Å². The van der Waals surface area contributed by atoms with E-state index in [2.05, 4.69) is 5.32 Å². The molecule has 0 radical (unpaired) electrons. The zero-order valence-electron chi connectivity index (χ0n) is 15.1. The fourth-order valence-electron chi connectivity index (χ4n) is 2.33. The van der Waals surface area contributed by atoms with Gasteiger partial charge in [0.15, 0.2) is 0 Å².